The van der Waals surface area contributed by atoms with Crippen molar-refractivity contribution in [2.24, 2.45) is 0 Å². The molecular formula is C19H18N2O4S. The van der Waals surface area contributed by atoms with Gasteiger partial charge < -0.3 is 9.67 Å². The maximum absolute atomic E-state index is 11.6. The molecule has 2 aromatic carbocycles. The van der Waals surface area contributed by atoms with Crippen molar-refractivity contribution in [2.75, 3.05) is 6.26 Å². The molecule has 0 fully saturated rings. The average molecular weight is 370 g/mol. The zero-order valence-corrected chi connectivity index (χ0v) is 15.1. The molecule has 1 atom stereocenters. The average Bonchev–Trinajstić information content (AvgIpc) is 3.10. The first-order valence-electron chi connectivity index (χ1n) is 7.94. The van der Waals surface area contributed by atoms with Crippen molar-refractivity contribution in [3.8, 4) is 11.4 Å². The molecule has 0 unspecified atom stereocenters. The predicted octanol–water partition coefficient (Wildman–Crippen LogP) is 3.26. The monoisotopic (exact) mass is 370 g/mol. The van der Waals surface area contributed by atoms with Crippen LogP contribution in [0.3, 0.4) is 0 Å². The number of carbonyl (C=O) groups is 1. The van der Waals surface area contributed by atoms with Crippen LogP contribution in [0.2, 0.25) is 0 Å². The maximum atomic E-state index is 11.6. The van der Waals surface area contributed by atoms with E-state index < -0.39 is 15.8 Å². The Bertz CT molecular complexity index is 1050. The summed E-state index contributed by atoms with van der Waals surface area (Å²) >= 11 is 0. The minimum atomic E-state index is -3.25. The van der Waals surface area contributed by atoms with Gasteiger partial charge in [0.05, 0.1) is 16.5 Å². The molecule has 0 radical (unpaired) electrons. The number of hydrogen-bond donors (Lipinski definition) is 1. The third-order valence-corrected chi connectivity index (χ3v) is 5.40. The van der Waals surface area contributed by atoms with Gasteiger partial charge in [-0.1, -0.05) is 30.3 Å². The Morgan fingerprint density at radius 2 is 1.77 bits per heavy atom. The standard InChI is InChI=1S/C19H18N2O4S/c1-13(14-7-9-15(10-8-14)26(2,24)25)21-12-11-20-18(21)16-5-3-4-6-17(16)19(22)23/h3-13H,1-2H3,(H,22,23)/t13-/m0/s1. The summed E-state index contributed by atoms with van der Waals surface area (Å²) in [6.45, 7) is 1.95. The lowest BCUT2D eigenvalue weighted by Crippen LogP contribution is -2.10. The van der Waals surface area contributed by atoms with Crippen LogP contribution in [0.1, 0.15) is 28.9 Å². The van der Waals surface area contributed by atoms with Gasteiger partial charge in [0.25, 0.3) is 0 Å². The zero-order valence-electron chi connectivity index (χ0n) is 14.3. The van der Waals surface area contributed by atoms with Crippen LogP contribution in [-0.2, 0) is 9.84 Å². The van der Waals surface area contributed by atoms with Gasteiger partial charge in [-0.2, -0.15) is 0 Å². The molecule has 0 spiro atoms. The van der Waals surface area contributed by atoms with E-state index in [1.165, 1.54) is 6.26 Å². The van der Waals surface area contributed by atoms with Crippen LogP contribution in [0.4, 0.5) is 0 Å². The molecule has 0 amide bonds. The predicted molar refractivity (Wildman–Crippen MR) is 98.0 cm³/mol. The highest BCUT2D eigenvalue weighted by Gasteiger charge is 2.19. The Balaban J connectivity index is 2.02. The molecule has 1 aromatic heterocycles. The number of benzene rings is 2. The summed E-state index contributed by atoms with van der Waals surface area (Å²) in [6, 6.07) is 13.2. The minimum Gasteiger partial charge on any atom is -0.478 e. The van der Waals surface area contributed by atoms with Gasteiger partial charge in [-0.25, -0.2) is 18.2 Å². The third kappa shape index (κ3) is 3.39. The number of hydrogen-bond acceptors (Lipinski definition) is 4. The van der Waals surface area contributed by atoms with Crippen LogP contribution >= 0.6 is 0 Å². The summed E-state index contributed by atoms with van der Waals surface area (Å²) < 4.78 is 25.1. The van der Waals surface area contributed by atoms with Crippen LogP contribution in [0.15, 0.2) is 65.8 Å². The van der Waals surface area contributed by atoms with Crippen LogP contribution < -0.4 is 0 Å². The van der Waals surface area contributed by atoms with E-state index in [4.69, 9.17) is 0 Å². The summed E-state index contributed by atoms with van der Waals surface area (Å²) in [5.74, 6) is -0.469. The van der Waals surface area contributed by atoms with Gasteiger partial charge in [0.2, 0.25) is 0 Å². The number of aromatic carboxylic acids is 1. The lowest BCUT2D eigenvalue weighted by atomic mass is 10.1. The molecular weight excluding hydrogens is 352 g/mol. The number of aromatic nitrogens is 2. The van der Waals surface area contributed by atoms with E-state index in [1.807, 2.05) is 11.5 Å². The van der Waals surface area contributed by atoms with Crippen molar-refractivity contribution in [1.29, 1.82) is 0 Å². The molecule has 6 nitrogen and oxygen atoms in total. The Hall–Kier alpha value is -2.93. The first-order chi connectivity index (χ1) is 12.3. The molecule has 134 valence electrons. The quantitative estimate of drug-likeness (QED) is 0.744. The van der Waals surface area contributed by atoms with E-state index in [1.54, 1.807) is 60.9 Å². The van der Waals surface area contributed by atoms with Crippen molar-refractivity contribution in [2.45, 2.75) is 17.9 Å². The molecule has 1 heterocycles. The van der Waals surface area contributed by atoms with Gasteiger partial charge >= 0.3 is 5.97 Å². The van der Waals surface area contributed by atoms with Gasteiger partial charge in [0, 0.05) is 24.2 Å². The molecule has 0 saturated heterocycles. The van der Waals surface area contributed by atoms with Crippen LogP contribution in [0.25, 0.3) is 11.4 Å². The van der Waals surface area contributed by atoms with Crippen molar-refractivity contribution in [1.82, 2.24) is 9.55 Å². The van der Waals surface area contributed by atoms with E-state index in [9.17, 15) is 18.3 Å². The highest BCUT2D eigenvalue weighted by Crippen LogP contribution is 2.28. The summed E-state index contributed by atoms with van der Waals surface area (Å²) in [7, 11) is -3.25. The molecule has 0 aliphatic carbocycles. The Morgan fingerprint density at radius 1 is 1.12 bits per heavy atom. The summed E-state index contributed by atoms with van der Waals surface area (Å²) in [5.41, 5.74) is 1.61. The molecule has 26 heavy (non-hydrogen) atoms. The fourth-order valence-electron chi connectivity index (χ4n) is 2.85. The lowest BCUT2D eigenvalue weighted by molar-refractivity contribution is 0.0697. The molecule has 0 bridgehead atoms. The van der Waals surface area contributed by atoms with Crippen molar-refractivity contribution in [3.63, 3.8) is 0 Å². The number of carboxylic acids is 1. The maximum Gasteiger partial charge on any atom is 0.336 e. The number of imidazole rings is 1. The Kier molecular flexibility index (Phi) is 4.65. The van der Waals surface area contributed by atoms with Gasteiger partial charge in [0.1, 0.15) is 5.82 Å². The fourth-order valence-corrected chi connectivity index (χ4v) is 3.48. The molecule has 3 rings (SSSR count). The van der Waals surface area contributed by atoms with Crippen molar-refractivity contribution in [3.05, 3.63) is 72.1 Å². The second-order valence-electron chi connectivity index (χ2n) is 6.03. The SMILES string of the molecule is C[C@@H](c1ccc(S(C)(=O)=O)cc1)n1ccnc1-c1ccccc1C(=O)O. The van der Waals surface area contributed by atoms with Crippen LogP contribution in [0, 0.1) is 0 Å². The van der Waals surface area contributed by atoms with Crippen LogP contribution in [-0.4, -0.2) is 35.3 Å². The van der Waals surface area contributed by atoms with E-state index in [0.29, 0.717) is 11.4 Å². The number of carboxylic acid groups (broad SMARTS) is 1. The summed E-state index contributed by atoms with van der Waals surface area (Å²) in [5, 5.41) is 9.42. The third-order valence-electron chi connectivity index (χ3n) is 4.27. The van der Waals surface area contributed by atoms with E-state index in [-0.39, 0.29) is 16.5 Å². The van der Waals surface area contributed by atoms with E-state index >= 15 is 0 Å². The fraction of sp³-hybridized carbons (Fsp3) is 0.158. The van der Waals surface area contributed by atoms with Crippen LogP contribution in [0.5, 0.6) is 0 Å². The minimum absolute atomic E-state index is 0.150. The first kappa shape index (κ1) is 17.9. The normalized spacial score (nSPS) is 12.7. The molecule has 7 heteroatoms. The summed E-state index contributed by atoms with van der Waals surface area (Å²) in [6.07, 6.45) is 4.57. The number of nitrogens with zero attached hydrogens (tertiary/aromatic N) is 2. The molecule has 0 saturated carbocycles. The molecule has 1 N–H and O–H groups in total. The van der Waals surface area contributed by atoms with Gasteiger partial charge in [-0.15, -0.1) is 0 Å². The zero-order chi connectivity index (χ0) is 18.9. The van der Waals surface area contributed by atoms with Gasteiger partial charge in [-0.05, 0) is 30.7 Å². The first-order valence-corrected chi connectivity index (χ1v) is 9.83. The van der Waals surface area contributed by atoms with E-state index in [2.05, 4.69) is 4.98 Å². The largest absolute Gasteiger partial charge is 0.478 e. The molecule has 0 aliphatic heterocycles. The van der Waals surface area contributed by atoms with Gasteiger partial charge in [0.15, 0.2) is 9.84 Å². The molecule has 3 aromatic rings. The number of sulfone groups is 1. The van der Waals surface area contributed by atoms with Crippen molar-refractivity contribution < 1.29 is 18.3 Å². The molecule has 0 aliphatic rings. The second kappa shape index (κ2) is 6.76. The van der Waals surface area contributed by atoms with Gasteiger partial charge in [-0.3, -0.25) is 0 Å². The lowest BCUT2D eigenvalue weighted by Gasteiger charge is -2.18. The Labute approximate surface area is 151 Å². The second-order valence-corrected chi connectivity index (χ2v) is 8.04. The highest BCUT2D eigenvalue weighted by atomic mass is 32.2. The topological polar surface area (TPSA) is 89.3 Å². The van der Waals surface area contributed by atoms with E-state index in [0.717, 1.165) is 5.56 Å². The van der Waals surface area contributed by atoms with Crippen molar-refractivity contribution >= 4 is 15.8 Å². The highest BCUT2D eigenvalue weighted by molar-refractivity contribution is 7.90. The smallest absolute Gasteiger partial charge is 0.336 e. The summed E-state index contributed by atoms with van der Waals surface area (Å²) in [4.78, 5) is 16.1. The Morgan fingerprint density at radius 3 is 2.38 bits per heavy atom. The number of rotatable bonds is 5.